The maximum atomic E-state index is 9.74. The number of likely N-dealkylation sites (tertiary alicyclic amines) is 1. The van der Waals surface area contributed by atoms with Crippen LogP contribution in [0.3, 0.4) is 0 Å². The van der Waals surface area contributed by atoms with Crippen LogP contribution in [0.15, 0.2) is 0 Å². The van der Waals surface area contributed by atoms with Gasteiger partial charge in [0.2, 0.25) is 0 Å². The van der Waals surface area contributed by atoms with Gasteiger partial charge in [0.05, 0.1) is 18.8 Å². The number of aliphatic hydroxyl groups is 1. The highest BCUT2D eigenvalue weighted by molar-refractivity contribution is 4.85. The summed E-state index contributed by atoms with van der Waals surface area (Å²) < 4.78 is 5.39. The SMILES string of the molecule is CC(C)(O)CCN1CCC(N2CCOCC2)C1. The van der Waals surface area contributed by atoms with Crippen molar-refractivity contribution >= 4 is 0 Å². The summed E-state index contributed by atoms with van der Waals surface area (Å²) in [5.41, 5.74) is -0.531. The maximum absolute atomic E-state index is 9.74. The van der Waals surface area contributed by atoms with Crippen molar-refractivity contribution in [1.29, 1.82) is 0 Å². The Morgan fingerprint density at radius 2 is 1.94 bits per heavy atom. The molecule has 1 unspecified atom stereocenters. The monoisotopic (exact) mass is 242 g/mol. The van der Waals surface area contributed by atoms with E-state index in [4.69, 9.17) is 4.74 Å². The highest BCUT2D eigenvalue weighted by atomic mass is 16.5. The summed E-state index contributed by atoms with van der Waals surface area (Å²) in [4.78, 5) is 5.05. The smallest absolute Gasteiger partial charge is 0.0603 e. The van der Waals surface area contributed by atoms with E-state index in [0.717, 1.165) is 45.8 Å². The van der Waals surface area contributed by atoms with Crippen molar-refractivity contribution in [2.75, 3.05) is 45.9 Å². The van der Waals surface area contributed by atoms with Crippen molar-refractivity contribution in [2.45, 2.75) is 38.3 Å². The second-order valence-electron chi connectivity index (χ2n) is 5.95. The Labute approximate surface area is 105 Å². The second kappa shape index (κ2) is 5.65. The van der Waals surface area contributed by atoms with Gasteiger partial charge in [0.1, 0.15) is 0 Å². The van der Waals surface area contributed by atoms with Gasteiger partial charge in [-0.2, -0.15) is 0 Å². The normalized spacial score (nSPS) is 28.8. The largest absolute Gasteiger partial charge is 0.390 e. The highest BCUT2D eigenvalue weighted by Gasteiger charge is 2.29. The summed E-state index contributed by atoms with van der Waals surface area (Å²) in [6.07, 6.45) is 2.13. The van der Waals surface area contributed by atoms with Gasteiger partial charge < -0.3 is 14.7 Å². The number of hydrogen-bond acceptors (Lipinski definition) is 4. The molecule has 0 aliphatic carbocycles. The van der Waals surface area contributed by atoms with Gasteiger partial charge in [-0.25, -0.2) is 0 Å². The lowest BCUT2D eigenvalue weighted by atomic mass is 10.1. The molecular formula is C13H26N2O2. The van der Waals surface area contributed by atoms with Crippen LogP contribution in [0.25, 0.3) is 0 Å². The predicted octanol–water partition coefficient (Wildman–Crippen LogP) is 0.554. The molecule has 0 aromatic heterocycles. The molecule has 2 rings (SSSR count). The van der Waals surface area contributed by atoms with Crippen molar-refractivity contribution in [3.8, 4) is 0 Å². The summed E-state index contributed by atoms with van der Waals surface area (Å²) >= 11 is 0. The number of nitrogens with zero attached hydrogens (tertiary/aromatic N) is 2. The summed E-state index contributed by atoms with van der Waals surface area (Å²) in [5, 5.41) is 9.74. The molecule has 4 heteroatoms. The molecule has 4 nitrogen and oxygen atoms in total. The van der Waals surface area contributed by atoms with Crippen LogP contribution >= 0.6 is 0 Å². The lowest BCUT2D eigenvalue weighted by molar-refractivity contribution is 0.0175. The van der Waals surface area contributed by atoms with Gasteiger partial charge >= 0.3 is 0 Å². The minimum atomic E-state index is -0.531. The molecule has 0 radical (unpaired) electrons. The van der Waals surface area contributed by atoms with E-state index in [1.807, 2.05) is 13.8 Å². The first-order valence-corrected chi connectivity index (χ1v) is 6.81. The molecule has 2 aliphatic heterocycles. The molecule has 1 atom stereocenters. The van der Waals surface area contributed by atoms with Crippen molar-refractivity contribution in [1.82, 2.24) is 9.80 Å². The van der Waals surface area contributed by atoms with Gasteiger partial charge in [0.15, 0.2) is 0 Å². The van der Waals surface area contributed by atoms with E-state index in [1.165, 1.54) is 13.0 Å². The third kappa shape index (κ3) is 4.21. The predicted molar refractivity (Wildman–Crippen MR) is 68.2 cm³/mol. The van der Waals surface area contributed by atoms with E-state index >= 15 is 0 Å². The lowest BCUT2D eigenvalue weighted by Crippen LogP contribution is -2.44. The molecule has 0 aromatic rings. The van der Waals surface area contributed by atoms with Crippen LogP contribution in [-0.2, 0) is 4.74 Å². The van der Waals surface area contributed by atoms with Crippen LogP contribution in [0, 0.1) is 0 Å². The summed E-state index contributed by atoms with van der Waals surface area (Å²) in [6, 6.07) is 0.709. The Balaban J connectivity index is 1.71. The number of morpholine rings is 1. The lowest BCUT2D eigenvalue weighted by Gasteiger charge is -2.32. The molecule has 2 fully saturated rings. The molecule has 0 aromatic carbocycles. The molecule has 1 N–H and O–H groups in total. The minimum Gasteiger partial charge on any atom is -0.390 e. The first-order chi connectivity index (χ1) is 8.04. The third-order valence-electron chi connectivity index (χ3n) is 3.85. The fourth-order valence-electron chi connectivity index (χ4n) is 2.69. The van der Waals surface area contributed by atoms with Gasteiger partial charge in [-0.05, 0) is 33.2 Å². The fourth-order valence-corrected chi connectivity index (χ4v) is 2.69. The van der Waals surface area contributed by atoms with E-state index in [2.05, 4.69) is 9.80 Å². The molecule has 2 aliphatic rings. The van der Waals surface area contributed by atoms with Crippen LogP contribution in [0.2, 0.25) is 0 Å². The van der Waals surface area contributed by atoms with E-state index in [0.29, 0.717) is 6.04 Å². The van der Waals surface area contributed by atoms with Crippen LogP contribution in [0.5, 0.6) is 0 Å². The molecule has 0 amide bonds. The molecule has 2 heterocycles. The van der Waals surface area contributed by atoms with Crippen molar-refractivity contribution in [2.24, 2.45) is 0 Å². The summed E-state index contributed by atoms with van der Waals surface area (Å²) in [5.74, 6) is 0. The Morgan fingerprint density at radius 1 is 1.24 bits per heavy atom. The second-order valence-corrected chi connectivity index (χ2v) is 5.95. The zero-order chi connectivity index (χ0) is 12.3. The topological polar surface area (TPSA) is 35.9 Å². The maximum Gasteiger partial charge on any atom is 0.0603 e. The third-order valence-corrected chi connectivity index (χ3v) is 3.85. The fraction of sp³-hybridized carbons (Fsp3) is 1.00. The molecule has 0 bridgehead atoms. The standard InChI is InChI=1S/C13H26N2O2/c1-13(2,16)4-6-14-5-3-12(11-14)15-7-9-17-10-8-15/h12,16H,3-11H2,1-2H3. The highest BCUT2D eigenvalue weighted by Crippen LogP contribution is 2.18. The Bertz CT molecular complexity index is 234. The van der Waals surface area contributed by atoms with E-state index < -0.39 is 5.60 Å². The van der Waals surface area contributed by atoms with Crippen LogP contribution in [0.1, 0.15) is 26.7 Å². The zero-order valence-electron chi connectivity index (χ0n) is 11.2. The first-order valence-electron chi connectivity index (χ1n) is 6.81. The van der Waals surface area contributed by atoms with E-state index in [9.17, 15) is 5.11 Å². The average molecular weight is 242 g/mol. The first kappa shape index (κ1) is 13.3. The average Bonchev–Trinajstić information content (AvgIpc) is 2.75. The Hall–Kier alpha value is -0.160. The number of rotatable bonds is 4. The molecule has 100 valence electrons. The number of hydrogen-bond donors (Lipinski definition) is 1. The van der Waals surface area contributed by atoms with Crippen LogP contribution in [0.4, 0.5) is 0 Å². The molecule has 17 heavy (non-hydrogen) atoms. The van der Waals surface area contributed by atoms with Crippen LogP contribution in [-0.4, -0.2) is 72.5 Å². The molecule has 2 saturated heterocycles. The van der Waals surface area contributed by atoms with Crippen molar-refractivity contribution in [3.05, 3.63) is 0 Å². The van der Waals surface area contributed by atoms with Crippen molar-refractivity contribution < 1.29 is 9.84 Å². The zero-order valence-corrected chi connectivity index (χ0v) is 11.2. The van der Waals surface area contributed by atoms with E-state index in [-0.39, 0.29) is 0 Å². The van der Waals surface area contributed by atoms with Gasteiger partial charge in [0.25, 0.3) is 0 Å². The van der Waals surface area contributed by atoms with Crippen molar-refractivity contribution in [3.63, 3.8) is 0 Å². The molecule has 0 saturated carbocycles. The molecular weight excluding hydrogens is 216 g/mol. The summed E-state index contributed by atoms with van der Waals surface area (Å²) in [7, 11) is 0. The Kier molecular flexibility index (Phi) is 4.42. The van der Waals surface area contributed by atoms with Crippen LogP contribution < -0.4 is 0 Å². The summed E-state index contributed by atoms with van der Waals surface area (Å²) in [6.45, 7) is 11.1. The molecule has 0 spiro atoms. The van der Waals surface area contributed by atoms with Gasteiger partial charge in [-0.15, -0.1) is 0 Å². The Morgan fingerprint density at radius 3 is 2.59 bits per heavy atom. The quantitative estimate of drug-likeness (QED) is 0.781. The number of ether oxygens (including phenoxy) is 1. The minimum absolute atomic E-state index is 0.531. The van der Waals surface area contributed by atoms with Gasteiger partial charge in [-0.3, -0.25) is 4.90 Å². The van der Waals surface area contributed by atoms with Gasteiger partial charge in [0, 0.05) is 32.2 Å². The van der Waals surface area contributed by atoms with E-state index in [1.54, 1.807) is 0 Å². The van der Waals surface area contributed by atoms with Gasteiger partial charge in [-0.1, -0.05) is 0 Å².